The van der Waals surface area contributed by atoms with E-state index in [4.69, 9.17) is 4.74 Å². The van der Waals surface area contributed by atoms with E-state index in [1.54, 1.807) is 16.5 Å². The molecule has 4 atom stereocenters. The van der Waals surface area contributed by atoms with E-state index in [-0.39, 0.29) is 5.91 Å². The molecule has 0 aliphatic heterocycles. The molecular formula is C20H29N3O2. The zero-order valence-electron chi connectivity index (χ0n) is 15.5. The molecule has 2 fully saturated rings. The Bertz CT molecular complexity index is 689. The van der Waals surface area contributed by atoms with E-state index in [2.05, 4.69) is 30.3 Å². The van der Waals surface area contributed by atoms with Crippen LogP contribution in [0.3, 0.4) is 0 Å². The van der Waals surface area contributed by atoms with Gasteiger partial charge in [-0.3, -0.25) is 4.79 Å². The van der Waals surface area contributed by atoms with Gasteiger partial charge in [-0.25, -0.2) is 4.68 Å². The summed E-state index contributed by atoms with van der Waals surface area (Å²) in [7, 11) is 1.84. The van der Waals surface area contributed by atoms with Gasteiger partial charge < -0.3 is 10.1 Å². The molecule has 1 aromatic heterocycles. The van der Waals surface area contributed by atoms with Crippen LogP contribution in [0.2, 0.25) is 0 Å². The van der Waals surface area contributed by atoms with Crippen LogP contribution >= 0.6 is 0 Å². The first kappa shape index (κ1) is 16.7. The van der Waals surface area contributed by atoms with Crippen LogP contribution in [0, 0.1) is 23.7 Å². The summed E-state index contributed by atoms with van der Waals surface area (Å²) in [5, 5.41) is 7.57. The molecule has 1 amide bonds. The van der Waals surface area contributed by atoms with Crippen molar-refractivity contribution in [2.75, 3.05) is 6.61 Å². The third-order valence-corrected chi connectivity index (χ3v) is 6.66. The van der Waals surface area contributed by atoms with Crippen molar-refractivity contribution < 1.29 is 9.53 Å². The molecule has 4 bridgehead atoms. The predicted molar refractivity (Wildman–Crippen MR) is 96.4 cm³/mol. The van der Waals surface area contributed by atoms with Gasteiger partial charge in [0.1, 0.15) is 5.56 Å². The van der Waals surface area contributed by atoms with Crippen molar-refractivity contribution in [3.8, 4) is 5.88 Å². The smallest absolute Gasteiger partial charge is 0.258 e. The quantitative estimate of drug-likeness (QED) is 0.773. The maximum atomic E-state index is 12.9. The molecule has 4 aliphatic carbocycles. The summed E-state index contributed by atoms with van der Waals surface area (Å²) < 4.78 is 7.66. The number of carbonyl (C=O) groups is 1. The zero-order chi connectivity index (χ0) is 17.6. The Labute approximate surface area is 149 Å². The number of hydrogen-bond acceptors (Lipinski definition) is 3. The van der Waals surface area contributed by atoms with Gasteiger partial charge in [0, 0.05) is 19.0 Å². The second-order valence-corrected chi connectivity index (χ2v) is 7.95. The fraction of sp³-hybridized carbons (Fsp3) is 0.700. The summed E-state index contributed by atoms with van der Waals surface area (Å²) in [6.45, 7) is 4.98. The molecule has 1 heterocycles. The molecule has 0 radical (unpaired) electrons. The molecule has 5 heteroatoms. The van der Waals surface area contributed by atoms with Crippen LogP contribution in [0.15, 0.2) is 17.8 Å². The van der Waals surface area contributed by atoms with Crippen LogP contribution in [0.4, 0.5) is 0 Å². The standard InChI is InChI=1S/C20H29N3O2/c1-4-12(5-2)11-25-20-17(10-21-23(20)3)19(24)22-18-13-6-7-15-14(8-13)9-16(15)18/h7,10,12-14,16,18H,4-6,8-9,11H2,1-3H3,(H,22,24). The van der Waals surface area contributed by atoms with Crippen molar-refractivity contribution in [1.29, 1.82) is 0 Å². The van der Waals surface area contributed by atoms with Crippen LogP contribution in [0.5, 0.6) is 5.88 Å². The van der Waals surface area contributed by atoms with Crippen LogP contribution in [-0.2, 0) is 7.05 Å². The number of rotatable bonds is 7. The molecule has 5 rings (SSSR count). The monoisotopic (exact) mass is 343 g/mol. The van der Waals surface area contributed by atoms with E-state index in [1.807, 2.05) is 7.05 Å². The summed E-state index contributed by atoms with van der Waals surface area (Å²) in [6, 6.07) is 0.296. The van der Waals surface area contributed by atoms with E-state index in [1.165, 1.54) is 12.8 Å². The number of nitrogens with one attached hydrogen (secondary N) is 1. The second kappa shape index (κ2) is 6.50. The third kappa shape index (κ3) is 2.77. The largest absolute Gasteiger partial charge is 0.477 e. The number of ether oxygens (including phenoxy) is 1. The normalized spacial score (nSPS) is 29.4. The van der Waals surface area contributed by atoms with Gasteiger partial charge in [0.05, 0.1) is 12.8 Å². The maximum Gasteiger partial charge on any atom is 0.258 e. The summed E-state index contributed by atoms with van der Waals surface area (Å²) in [5.41, 5.74) is 2.17. The van der Waals surface area contributed by atoms with E-state index < -0.39 is 0 Å². The molecule has 0 spiro atoms. The van der Waals surface area contributed by atoms with E-state index in [9.17, 15) is 4.79 Å². The Balaban J connectivity index is 1.45. The Morgan fingerprint density at radius 1 is 1.40 bits per heavy atom. The van der Waals surface area contributed by atoms with Gasteiger partial charge in [0.15, 0.2) is 0 Å². The average molecular weight is 343 g/mol. The highest BCUT2D eigenvalue weighted by atomic mass is 16.5. The minimum Gasteiger partial charge on any atom is -0.477 e. The topological polar surface area (TPSA) is 56.1 Å². The fourth-order valence-corrected chi connectivity index (χ4v) is 4.92. The molecule has 4 unspecified atom stereocenters. The van der Waals surface area contributed by atoms with Crippen molar-refractivity contribution in [1.82, 2.24) is 15.1 Å². The number of nitrogens with zero attached hydrogens (tertiary/aromatic N) is 2. The molecule has 0 saturated heterocycles. The van der Waals surface area contributed by atoms with Gasteiger partial charge in [-0.05, 0) is 37.0 Å². The SMILES string of the molecule is CCC(CC)COc1c(C(=O)NC2C3CC=C4C(C3)CC42)cnn1C. The van der Waals surface area contributed by atoms with Gasteiger partial charge in [-0.15, -0.1) is 0 Å². The van der Waals surface area contributed by atoms with Crippen molar-refractivity contribution >= 4 is 5.91 Å². The van der Waals surface area contributed by atoms with Gasteiger partial charge in [-0.2, -0.15) is 5.10 Å². The Morgan fingerprint density at radius 3 is 2.84 bits per heavy atom. The van der Waals surface area contributed by atoms with Crippen molar-refractivity contribution in [3.05, 3.63) is 23.4 Å². The third-order valence-electron chi connectivity index (χ3n) is 6.66. The molecule has 25 heavy (non-hydrogen) atoms. The number of aromatic nitrogens is 2. The van der Waals surface area contributed by atoms with Gasteiger partial charge in [0.2, 0.25) is 5.88 Å². The summed E-state index contributed by atoms with van der Waals surface area (Å²) in [4.78, 5) is 12.9. The first-order valence-electron chi connectivity index (χ1n) is 9.77. The van der Waals surface area contributed by atoms with Gasteiger partial charge in [-0.1, -0.05) is 38.3 Å². The maximum absolute atomic E-state index is 12.9. The minimum absolute atomic E-state index is 0.0331. The molecule has 2 saturated carbocycles. The van der Waals surface area contributed by atoms with Crippen LogP contribution in [-0.4, -0.2) is 28.3 Å². The predicted octanol–water partition coefficient (Wildman–Crippen LogP) is 3.32. The van der Waals surface area contributed by atoms with Crippen LogP contribution in [0.25, 0.3) is 0 Å². The van der Waals surface area contributed by atoms with Crippen LogP contribution < -0.4 is 10.1 Å². The number of carbonyl (C=O) groups excluding carboxylic acids is 1. The Kier molecular flexibility index (Phi) is 4.34. The summed E-state index contributed by atoms with van der Waals surface area (Å²) >= 11 is 0. The number of allylic oxidation sites excluding steroid dienone is 1. The number of fused-ring (bicyclic) bond motifs is 1. The van der Waals surface area contributed by atoms with Crippen molar-refractivity contribution in [2.24, 2.45) is 30.7 Å². The van der Waals surface area contributed by atoms with E-state index in [0.717, 1.165) is 25.2 Å². The number of hydrogen-bond donors (Lipinski definition) is 1. The first-order chi connectivity index (χ1) is 12.1. The zero-order valence-corrected chi connectivity index (χ0v) is 15.5. The molecule has 4 aliphatic rings. The lowest BCUT2D eigenvalue weighted by Gasteiger charge is -2.56. The second-order valence-electron chi connectivity index (χ2n) is 7.95. The van der Waals surface area contributed by atoms with Gasteiger partial charge >= 0.3 is 0 Å². The fourth-order valence-electron chi connectivity index (χ4n) is 4.92. The molecule has 5 nitrogen and oxygen atoms in total. The lowest BCUT2D eigenvalue weighted by molar-refractivity contribution is 0.0624. The van der Waals surface area contributed by atoms with Crippen LogP contribution in [0.1, 0.15) is 56.3 Å². The minimum atomic E-state index is -0.0331. The Hall–Kier alpha value is -1.78. The van der Waals surface area contributed by atoms with E-state index >= 15 is 0 Å². The van der Waals surface area contributed by atoms with Crippen molar-refractivity contribution in [2.45, 2.75) is 52.0 Å². The molecule has 0 aromatic carbocycles. The molecule has 136 valence electrons. The molecule has 1 N–H and O–H groups in total. The van der Waals surface area contributed by atoms with Gasteiger partial charge in [0.25, 0.3) is 5.91 Å². The highest BCUT2D eigenvalue weighted by molar-refractivity contribution is 5.96. The first-order valence-corrected chi connectivity index (χ1v) is 9.77. The lowest BCUT2D eigenvalue weighted by Crippen LogP contribution is -2.58. The Morgan fingerprint density at radius 2 is 2.20 bits per heavy atom. The van der Waals surface area contributed by atoms with Crippen molar-refractivity contribution in [3.63, 3.8) is 0 Å². The highest BCUT2D eigenvalue weighted by Crippen LogP contribution is 2.57. The average Bonchev–Trinajstić information content (AvgIpc) is 2.97. The lowest BCUT2D eigenvalue weighted by atomic mass is 9.51. The number of amides is 1. The van der Waals surface area contributed by atoms with E-state index in [0.29, 0.717) is 41.8 Å². The summed E-state index contributed by atoms with van der Waals surface area (Å²) in [6.07, 6.45) is 9.84. The molecule has 1 aromatic rings. The number of aryl methyl sites for hydroxylation is 1. The summed E-state index contributed by atoms with van der Waals surface area (Å²) in [5.74, 6) is 3.07. The highest BCUT2D eigenvalue weighted by Gasteiger charge is 2.52. The molecular weight excluding hydrogens is 314 g/mol.